The number of rotatable bonds is 12. The highest BCUT2D eigenvalue weighted by Gasteiger charge is 2.08. The van der Waals surface area contributed by atoms with Crippen molar-refractivity contribution >= 4 is 11.8 Å². The summed E-state index contributed by atoms with van der Waals surface area (Å²) >= 11 is 0. The maximum atomic E-state index is 5.72. The molecule has 0 saturated carbocycles. The fourth-order valence-corrected chi connectivity index (χ4v) is 1.68. The lowest BCUT2D eigenvalue weighted by Crippen LogP contribution is -2.13. The first-order valence-electron chi connectivity index (χ1n) is 7.86. The molecule has 0 aromatic carbocycles. The Kier molecular flexibility index (Phi) is 8.98. The van der Waals surface area contributed by atoms with Gasteiger partial charge in [-0.3, -0.25) is 0 Å². The Morgan fingerprint density at radius 3 is 2.86 bits per heavy atom. The molecule has 0 unspecified atom stereocenters. The molecule has 0 aliphatic rings. The molecule has 0 aliphatic carbocycles. The van der Waals surface area contributed by atoms with E-state index < -0.39 is 0 Å². The second kappa shape index (κ2) is 10.8. The van der Waals surface area contributed by atoms with E-state index in [1.807, 2.05) is 0 Å². The molecule has 1 aromatic heterocycles. The number of nitrogens with zero attached hydrogens (tertiary/aromatic N) is 2. The van der Waals surface area contributed by atoms with Crippen LogP contribution in [0.5, 0.6) is 5.75 Å². The first kappa shape index (κ1) is 18.2. The average molecular weight is 308 g/mol. The molecular weight excluding hydrogens is 280 g/mol. The second-order valence-electron chi connectivity index (χ2n) is 5.35. The van der Waals surface area contributed by atoms with Crippen molar-refractivity contribution in [2.45, 2.75) is 33.6 Å². The summed E-state index contributed by atoms with van der Waals surface area (Å²) in [5.41, 5.74) is 0. The van der Waals surface area contributed by atoms with Crippen molar-refractivity contribution in [3.63, 3.8) is 0 Å². The second-order valence-corrected chi connectivity index (χ2v) is 5.35. The van der Waals surface area contributed by atoms with Gasteiger partial charge in [0.2, 0.25) is 5.95 Å². The summed E-state index contributed by atoms with van der Waals surface area (Å²) in [5, 5.41) is 6.16. The van der Waals surface area contributed by atoms with Crippen LogP contribution in [0.4, 0.5) is 11.8 Å². The monoisotopic (exact) mass is 308 g/mol. The zero-order chi connectivity index (χ0) is 16.2. The van der Waals surface area contributed by atoms with Crippen LogP contribution in [0.15, 0.2) is 19.0 Å². The van der Waals surface area contributed by atoms with Gasteiger partial charge in [0.05, 0.1) is 12.8 Å². The minimum atomic E-state index is 0.479. The Morgan fingerprint density at radius 1 is 1.36 bits per heavy atom. The Morgan fingerprint density at radius 2 is 2.18 bits per heavy atom. The first-order chi connectivity index (χ1) is 10.7. The Hall–Kier alpha value is -1.82. The van der Waals surface area contributed by atoms with Gasteiger partial charge in [0.1, 0.15) is 6.61 Å². The van der Waals surface area contributed by atoms with E-state index in [0.29, 0.717) is 36.6 Å². The summed E-state index contributed by atoms with van der Waals surface area (Å²) < 4.78 is 11.2. The van der Waals surface area contributed by atoms with Gasteiger partial charge in [0.25, 0.3) is 0 Å². The highest BCUT2D eigenvalue weighted by Crippen LogP contribution is 2.22. The van der Waals surface area contributed by atoms with Gasteiger partial charge in [-0.25, -0.2) is 4.98 Å². The van der Waals surface area contributed by atoms with Gasteiger partial charge < -0.3 is 20.1 Å². The van der Waals surface area contributed by atoms with Gasteiger partial charge in [-0.1, -0.05) is 33.8 Å². The predicted molar refractivity (Wildman–Crippen MR) is 90.4 cm³/mol. The van der Waals surface area contributed by atoms with Crippen LogP contribution in [0, 0.1) is 5.92 Å². The quantitative estimate of drug-likeness (QED) is 0.578. The van der Waals surface area contributed by atoms with E-state index in [1.54, 1.807) is 12.4 Å². The van der Waals surface area contributed by atoms with Gasteiger partial charge in [0.15, 0.2) is 11.6 Å². The van der Waals surface area contributed by atoms with Crippen molar-refractivity contribution in [1.29, 1.82) is 0 Å². The van der Waals surface area contributed by atoms with E-state index in [1.165, 1.54) is 0 Å². The van der Waals surface area contributed by atoms with Gasteiger partial charge in [-0.15, -0.1) is 0 Å². The van der Waals surface area contributed by atoms with E-state index in [4.69, 9.17) is 9.47 Å². The molecule has 0 bridgehead atoms. The minimum Gasteiger partial charge on any atom is -0.486 e. The number of anilines is 2. The highest BCUT2D eigenvalue weighted by atomic mass is 16.5. The summed E-state index contributed by atoms with van der Waals surface area (Å²) in [4.78, 5) is 8.58. The van der Waals surface area contributed by atoms with Crippen LogP contribution >= 0.6 is 0 Å². The van der Waals surface area contributed by atoms with Crippen molar-refractivity contribution in [1.82, 2.24) is 9.97 Å². The smallest absolute Gasteiger partial charge is 0.228 e. The van der Waals surface area contributed by atoms with E-state index in [9.17, 15) is 0 Å². The minimum absolute atomic E-state index is 0.479. The van der Waals surface area contributed by atoms with Crippen molar-refractivity contribution < 1.29 is 9.47 Å². The van der Waals surface area contributed by atoms with Crippen LogP contribution < -0.4 is 15.4 Å². The molecule has 2 N–H and O–H groups in total. The molecule has 1 rings (SSSR count). The lowest BCUT2D eigenvalue weighted by Gasteiger charge is -2.13. The Bertz CT molecular complexity index is 438. The lowest BCUT2D eigenvalue weighted by molar-refractivity contribution is 0.0819. The summed E-state index contributed by atoms with van der Waals surface area (Å²) in [7, 11) is 0. The van der Waals surface area contributed by atoms with Crippen LogP contribution in [0.2, 0.25) is 0 Å². The van der Waals surface area contributed by atoms with Crippen molar-refractivity contribution in [2.75, 3.05) is 37.0 Å². The molecule has 0 atom stereocenters. The number of aromatic nitrogens is 2. The van der Waals surface area contributed by atoms with Crippen molar-refractivity contribution in [3.8, 4) is 5.75 Å². The van der Waals surface area contributed by atoms with Crippen LogP contribution in [0.25, 0.3) is 0 Å². The zero-order valence-electron chi connectivity index (χ0n) is 13.9. The third kappa shape index (κ3) is 7.26. The Labute approximate surface area is 133 Å². The molecular formula is C16H28N4O2. The largest absolute Gasteiger partial charge is 0.486 e. The molecule has 0 radical (unpaired) electrons. The molecule has 22 heavy (non-hydrogen) atoms. The van der Waals surface area contributed by atoms with Crippen molar-refractivity contribution in [3.05, 3.63) is 19.0 Å². The molecule has 0 spiro atoms. The number of ether oxygens (including phenoxy) is 2. The number of nitrogens with one attached hydrogen (secondary N) is 2. The summed E-state index contributed by atoms with van der Waals surface area (Å²) in [6.07, 6.45) is 5.40. The van der Waals surface area contributed by atoms with Crippen LogP contribution in [-0.4, -0.2) is 36.3 Å². The van der Waals surface area contributed by atoms with E-state index in [-0.39, 0.29) is 0 Å². The Balaban J connectivity index is 2.56. The maximum absolute atomic E-state index is 5.72. The summed E-state index contributed by atoms with van der Waals surface area (Å²) in [6.45, 7) is 12.6. The third-order valence-electron chi connectivity index (χ3n) is 2.75. The topological polar surface area (TPSA) is 68.3 Å². The van der Waals surface area contributed by atoms with E-state index >= 15 is 0 Å². The summed E-state index contributed by atoms with van der Waals surface area (Å²) in [5.74, 6) is 2.35. The van der Waals surface area contributed by atoms with Gasteiger partial charge >= 0.3 is 0 Å². The molecule has 1 aromatic rings. The fraction of sp³-hybridized carbons (Fsp3) is 0.625. The highest BCUT2D eigenvalue weighted by molar-refractivity contribution is 5.52. The van der Waals surface area contributed by atoms with Crippen LogP contribution in [0.3, 0.4) is 0 Å². The maximum Gasteiger partial charge on any atom is 0.228 e. The standard InChI is InChI=1S/C16H28N4O2/c1-5-7-8-18-15-14(11-19-16(20-15)17-6-2)22-10-9-21-12-13(3)4/h6,11,13H,2,5,7-10,12H2,1,3-4H3,(H2,17,18,19,20). The first-order valence-corrected chi connectivity index (χ1v) is 7.86. The van der Waals surface area contributed by atoms with Crippen LogP contribution in [0.1, 0.15) is 33.6 Å². The number of hydrogen-bond acceptors (Lipinski definition) is 6. The number of unbranched alkanes of at least 4 members (excludes halogenated alkanes) is 1. The molecule has 124 valence electrons. The SMILES string of the molecule is C=CNc1ncc(OCCOCC(C)C)c(NCCCC)n1. The van der Waals surface area contributed by atoms with E-state index in [0.717, 1.165) is 26.0 Å². The van der Waals surface area contributed by atoms with Gasteiger partial charge in [0, 0.05) is 13.2 Å². The molecule has 0 amide bonds. The fourth-order valence-electron chi connectivity index (χ4n) is 1.68. The van der Waals surface area contributed by atoms with Gasteiger partial charge in [-0.2, -0.15) is 4.98 Å². The summed E-state index contributed by atoms with van der Waals surface area (Å²) in [6, 6.07) is 0. The molecule has 0 fully saturated rings. The number of hydrogen-bond donors (Lipinski definition) is 2. The molecule has 6 nitrogen and oxygen atoms in total. The third-order valence-corrected chi connectivity index (χ3v) is 2.75. The molecule has 6 heteroatoms. The van der Waals surface area contributed by atoms with Crippen LogP contribution in [-0.2, 0) is 4.74 Å². The average Bonchev–Trinajstić information content (AvgIpc) is 2.49. The molecule has 0 aliphatic heterocycles. The predicted octanol–water partition coefficient (Wildman–Crippen LogP) is 3.30. The zero-order valence-corrected chi connectivity index (χ0v) is 13.9. The normalized spacial score (nSPS) is 10.5. The van der Waals surface area contributed by atoms with E-state index in [2.05, 4.69) is 48.0 Å². The van der Waals surface area contributed by atoms with Gasteiger partial charge in [-0.05, 0) is 18.5 Å². The lowest BCUT2D eigenvalue weighted by atomic mass is 10.2. The molecule has 1 heterocycles. The van der Waals surface area contributed by atoms with Crippen molar-refractivity contribution in [2.24, 2.45) is 5.92 Å². The molecule has 0 saturated heterocycles.